The fraction of sp³-hybridized carbons (Fsp3) is 0.484. The number of benzene rings is 2. The highest BCUT2D eigenvalue weighted by atomic mass is 32.2. The van der Waals surface area contributed by atoms with Crippen LogP contribution in [0.15, 0.2) is 58.5 Å². The molecule has 0 unspecified atom stereocenters. The van der Waals surface area contributed by atoms with Crippen LogP contribution in [0, 0.1) is 0 Å². The molecule has 2 aromatic rings. The molecule has 264 valence electrons. The molecule has 2 aliphatic heterocycles. The van der Waals surface area contributed by atoms with Gasteiger partial charge in [0.05, 0.1) is 16.9 Å². The number of allylic oxidation sites excluding steroid dienone is 1. The van der Waals surface area contributed by atoms with Crippen molar-refractivity contribution in [1.29, 1.82) is 0 Å². The molecule has 9 nitrogen and oxygen atoms in total. The SMILES string of the molecule is CCS(=O)(=O)N1CCN(C=CC(=O)c2ccc(Sc3cccc(NC4CCN(C(=O)COC)CC4)c3)c(C(F)(F)F)c2C(F)(F)F)CC1. The second-order valence-corrected chi connectivity index (χ2v) is 14.6. The number of carbonyl (C=O) groups excluding carboxylic acids is 2. The largest absolute Gasteiger partial charge is 0.418 e. The van der Waals surface area contributed by atoms with Gasteiger partial charge in [0.1, 0.15) is 6.61 Å². The van der Waals surface area contributed by atoms with Crippen LogP contribution in [0.3, 0.4) is 0 Å². The van der Waals surface area contributed by atoms with Crippen LogP contribution in [0.5, 0.6) is 0 Å². The summed E-state index contributed by atoms with van der Waals surface area (Å²) in [6.07, 6.45) is -7.79. The van der Waals surface area contributed by atoms with E-state index in [1.807, 2.05) is 0 Å². The van der Waals surface area contributed by atoms with E-state index in [1.54, 1.807) is 17.0 Å². The fourth-order valence-electron chi connectivity index (χ4n) is 5.53. The summed E-state index contributed by atoms with van der Waals surface area (Å²) in [5.41, 5.74) is -4.62. The van der Waals surface area contributed by atoms with Gasteiger partial charge >= 0.3 is 12.4 Å². The number of anilines is 1. The number of alkyl halides is 6. The lowest BCUT2D eigenvalue weighted by Crippen LogP contribution is -2.47. The van der Waals surface area contributed by atoms with Gasteiger partial charge in [-0.15, -0.1) is 0 Å². The predicted octanol–water partition coefficient (Wildman–Crippen LogP) is 5.59. The van der Waals surface area contributed by atoms with Crippen LogP contribution < -0.4 is 5.32 Å². The van der Waals surface area contributed by atoms with Crippen molar-refractivity contribution in [3.63, 3.8) is 0 Å². The molecule has 0 aromatic heterocycles. The van der Waals surface area contributed by atoms with Crippen molar-refractivity contribution in [3.8, 4) is 0 Å². The maximum absolute atomic E-state index is 14.4. The van der Waals surface area contributed by atoms with Gasteiger partial charge in [0.2, 0.25) is 15.9 Å². The number of amides is 1. The van der Waals surface area contributed by atoms with Gasteiger partial charge in [-0.05, 0) is 50.1 Å². The molecule has 2 fully saturated rings. The van der Waals surface area contributed by atoms with E-state index < -0.39 is 49.7 Å². The third-order valence-electron chi connectivity index (χ3n) is 8.02. The van der Waals surface area contributed by atoms with Crippen molar-refractivity contribution in [2.75, 3.05) is 64.1 Å². The average molecular weight is 723 g/mol. The Balaban J connectivity index is 1.54. The number of ether oxygens (including phenoxy) is 1. The molecule has 1 amide bonds. The third-order valence-corrected chi connectivity index (χ3v) is 10.9. The minimum absolute atomic E-state index is 0.0220. The number of ketones is 1. The van der Waals surface area contributed by atoms with Gasteiger partial charge in [0.25, 0.3) is 0 Å². The molecule has 0 saturated carbocycles. The van der Waals surface area contributed by atoms with Crippen LogP contribution in [0.1, 0.15) is 41.3 Å². The summed E-state index contributed by atoms with van der Waals surface area (Å²) in [6, 6.07) is 7.85. The Bertz CT molecular complexity index is 1600. The first-order valence-electron chi connectivity index (χ1n) is 15.1. The predicted molar refractivity (Wildman–Crippen MR) is 168 cm³/mol. The van der Waals surface area contributed by atoms with Gasteiger partial charge in [-0.3, -0.25) is 9.59 Å². The minimum atomic E-state index is -5.51. The maximum atomic E-state index is 14.4. The summed E-state index contributed by atoms with van der Waals surface area (Å²) in [4.78, 5) is 27.7. The molecule has 2 aliphatic rings. The van der Waals surface area contributed by atoms with Crippen LogP contribution in [-0.4, -0.2) is 99.0 Å². The number of hydrogen-bond acceptors (Lipinski definition) is 8. The highest BCUT2D eigenvalue weighted by Gasteiger charge is 2.47. The maximum Gasteiger partial charge on any atom is 0.418 e. The van der Waals surface area contributed by atoms with Crippen molar-refractivity contribution in [3.05, 3.63) is 65.4 Å². The fourth-order valence-corrected chi connectivity index (χ4v) is 7.65. The Morgan fingerprint density at radius 1 is 0.958 bits per heavy atom. The Labute approximate surface area is 279 Å². The zero-order chi connectivity index (χ0) is 35.3. The number of nitrogens with zero attached hydrogens (tertiary/aromatic N) is 3. The Hall–Kier alpha value is -3.28. The van der Waals surface area contributed by atoms with Crippen LogP contribution in [0.25, 0.3) is 0 Å². The van der Waals surface area contributed by atoms with Gasteiger partial charge in [-0.2, -0.15) is 30.6 Å². The topological polar surface area (TPSA) is 99.3 Å². The van der Waals surface area contributed by atoms with E-state index in [2.05, 4.69) is 5.32 Å². The smallest absolute Gasteiger partial charge is 0.382 e. The second-order valence-electron chi connectivity index (χ2n) is 11.2. The van der Waals surface area contributed by atoms with Crippen molar-refractivity contribution >= 4 is 39.2 Å². The van der Waals surface area contributed by atoms with Crippen molar-refractivity contribution in [2.45, 2.75) is 48.0 Å². The molecule has 2 heterocycles. The van der Waals surface area contributed by atoms with Gasteiger partial charge < -0.3 is 19.9 Å². The lowest BCUT2D eigenvalue weighted by Gasteiger charge is -2.33. The zero-order valence-corrected chi connectivity index (χ0v) is 27.9. The Kier molecular flexibility index (Phi) is 12.1. The van der Waals surface area contributed by atoms with Crippen LogP contribution >= 0.6 is 11.8 Å². The van der Waals surface area contributed by atoms with E-state index in [1.165, 1.54) is 41.6 Å². The first-order valence-corrected chi connectivity index (χ1v) is 17.5. The zero-order valence-electron chi connectivity index (χ0n) is 26.2. The van der Waals surface area contributed by atoms with E-state index in [9.17, 15) is 44.3 Å². The molecular weight excluding hydrogens is 686 g/mol. The first kappa shape index (κ1) is 37.5. The number of nitrogens with one attached hydrogen (secondary N) is 1. The number of hydrogen-bond donors (Lipinski definition) is 1. The minimum Gasteiger partial charge on any atom is -0.382 e. The van der Waals surface area contributed by atoms with Crippen LogP contribution in [-0.2, 0) is 31.9 Å². The number of likely N-dealkylation sites (tertiary alicyclic amines) is 1. The number of rotatable bonds is 11. The number of methoxy groups -OCH3 is 1. The number of piperazine rings is 1. The van der Waals surface area contributed by atoms with Crippen molar-refractivity contribution < 1.29 is 49.1 Å². The summed E-state index contributed by atoms with van der Waals surface area (Å²) in [5, 5.41) is 3.28. The Morgan fingerprint density at radius 2 is 1.60 bits per heavy atom. The first-order chi connectivity index (χ1) is 22.5. The molecule has 0 atom stereocenters. The number of sulfonamides is 1. The number of carbonyl (C=O) groups is 2. The van der Waals surface area contributed by atoms with E-state index in [-0.39, 0.29) is 55.4 Å². The van der Waals surface area contributed by atoms with E-state index in [4.69, 9.17) is 4.74 Å². The highest BCUT2D eigenvalue weighted by molar-refractivity contribution is 7.99. The molecule has 0 bridgehead atoms. The molecule has 1 N–H and O–H groups in total. The van der Waals surface area contributed by atoms with Gasteiger partial charge in [-0.25, -0.2) is 8.42 Å². The summed E-state index contributed by atoms with van der Waals surface area (Å²) >= 11 is 0.500. The summed E-state index contributed by atoms with van der Waals surface area (Å²) in [5.74, 6) is -1.49. The molecule has 2 aromatic carbocycles. The summed E-state index contributed by atoms with van der Waals surface area (Å²) in [7, 11) is -2.01. The van der Waals surface area contributed by atoms with Crippen LogP contribution in [0.4, 0.5) is 32.0 Å². The molecule has 0 radical (unpaired) electrons. The second kappa shape index (κ2) is 15.5. The summed E-state index contributed by atoms with van der Waals surface area (Å²) in [6.45, 7) is 2.95. The van der Waals surface area contributed by atoms with Crippen molar-refractivity contribution in [1.82, 2.24) is 14.1 Å². The molecule has 2 saturated heterocycles. The molecule has 4 rings (SSSR count). The number of halogens is 6. The normalized spacial score (nSPS) is 17.2. The molecule has 0 aliphatic carbocycles. The van der Waals surface area contributed by atoms with E-state index >= 15 is 0 Å². The van der Waals surface area contributed by atoms with E-state index in [0.29, 0.717) is 43.4 Å². The third kappa shape index (κ3) is 9.45. The van der Waals surface area contributed by atoms with Crippen molar-refractivity contribution in [2.24, 2.45) is 0 Å². The summed E-state index contributed by atoms with van der Waals surface area (Å²) < 4.78 is 116. The lowest BCUT2D eigenvalue weighted by molar-refractivity contribution is -0.163. The van der Waals surface area contributed by atoms with Crippen LogP contribution in [0.2, 0.25) is 0 Å². The molecule has 17 heteroatoms. The molecule has 48 heavy (non-hydrogen) atoms. The standard InChI is InChI=1S/C31H36F6N4O5S2/c1-3-48(44,45)41-17-15-39(16-18-41)12-11-25(42)24-7-8-26(29(31(35,36)37)28(24)30(32,33)34)47-23-6-4-5-22(19-23)38-21-9-13-40(14-10-21)27(43)20-46-2/h4-8,11-12,19,21,38H,3,9-10,13-18,20H2,1-2H3. The van der Waals surface area contributed by atoms with Gasteiger partial charge in [-0.1, -0.05) is 17.8 Å². The highest BCUT2D eigenvalue weighted by Crippen LogP contribution is 2.48. The number of piperidine rings is 1. The lowest BCUT2D eigenvalue weighted by atomic mass is 9.96. The average Bonchev–Trinajstić information content (AvgIpc) is 3.03. The van der Waals surface area contributed by atoms with Gasteiger partial charge in [0, 0.05) is 85.7 Å². The quantitative estimate of drug-likeness (QED) is 0.182. The van der Waals surface area contributed by atoms with E-state index in [0.717, 1.165) is 18.2 Å². The molecular formula is C31H36F6N4O5S2. The molecule has 0 spiro atoms. The monoisotopic (exact) mass is 722 g/mol. The van der Waals surface area contributed by atoms with Gasteiger partial charge in [0.15, 0.2) is 5.78 Å². The Morgan fingerprint density at radius 3 is 2.19 bits per heavy atom.